The SMILES string of the molecule is CN(C)C=NS(=O)(=O)c1cccc(Nc2ncc3c(n2)-c2sc(N4CCN(C)CC4)nc2CC3)c1. The minimum Gasteiger partial charge on any atom is -0.368 e. The van der Waals surface area contributed by atoms with Crippen molar-refractivity contribution in [2.75, 3.05) is 57.5 Å². The lowest BCUT2D eigenvalue weighted by atomic mass is 10.00. The van der Waals surface area contributed by atoms with Crippen molar-refractivity contribution in [3.63, 3.8) is 0 Å². The summed E-state index contributed by atoms with van der Waals surface area (Å²) < 4.78 is 28.8. The maximum atomic E-state index is 12.5. The van der Waals surface area contributed by atoms with Gasteiger partial charge in [0.2, 0.25) is 5.95 Å². The molecule has 0 bridgehead atoms. The van der Waals surface area contributed by atoms with Crippen LogP contribution in [0, 0.1) is 0 Å². The minimum atomic E-state index is -3.80. The first kappa shape index (κ1) is 23.6. The van der Waals surface area contributed by atoms with Crippen molar-refractivity contribution in [1.29, 1.82) is 0 Å². The number of anilines is 3. The molecule has 0 radical (unpaired) electrons. The predicted octanol–water partition coefficient (Wildman–Crippen LogP) is 2.47. The van der Waals surface area contributed by atoms with Crippen LogP contribution in [0.3, 0.4) is 0 Å². The number of benzene rings is 1. The average molecular weight is 513 g/mol. The van der Waals surface area contributed by atoms with Gasteiger partial charge in [-0.1, -0.05) is 17.4 Å². The van der Waals surface area contributed by atoms with Gasteiger partial charge < -0.3 is 20.0 Å². The number of aryl methyl sites for hydroxylation is 2. The van der Waals surface area contributed by atoms with Crippen molar-refractivity contribution in [3.05, 3.63) is 41.7 Å². The van der Waals surface area contributed by atoms with Crippen LogP contribution < -0.4 is 10.2 Å². The molecule has 0 amide bonds. The Hall–Kier alpha value is -3.09. The number of nitrogens with zero attached hydrogens (tertiary/aromatic N) is 7. The second-order valence-electron chi connectivity index (χ2n) is 8.94. The van der Waals surface area contributed by atoms with Gasteiger partial charge in [0.15, 0.2) is 5.13 Å². The number of sulfonamides is 1. The van der Waals surface area contributed by atoms with Crippen molar-refractivity contribution in [2.45, 2.75) is 17.7 Å². The van der Waals surface area contributed by atoms with Crippen LogP contribution in [0.2, 0.25) is 0 Å². The molecule has 0 unspecified atom stereocenters. The van der Waals surface area contributed by atoms with Crippen molar-refractivity contribution < 1.29 is 8.42 Å². The molecule has 10 nitrogen and oxygen atoms in total. The molecule has 0 saturated carbocycles. The quantitative estimate of drug-likeness (QED) is 0.394. The largest absolute Gasteiger partial charge is 0.368 e. The molecule has 184 valence electrons. The second kappa shape index (κ2) is 9.51. The third-order valence-corrected chi connectivity index (χ3v) is 8.36. The van der Waals surface area contributed by atoms with Gasteiger partial charge in [0.05, 0.1) is 21.2 Å². The number of fused-ring (bicyclic) bond motifs is 3. The lowest BCUT2D eigenvalue weighted by molar-refractivity contribution is 0.312. The molecule has 2 aliphatic rings. The fourth-order valence-corrected chi connectivity index (χ4v) is 6.16. The molecule has 1 saturated heterocycles. The summed E-state index contributed by atoms with van der Waals surface area (Å²) >= 11 is 1.69. The highest BCUT2D eigenvalue weighted by molar-refractivity contribution is 7.90. The van der Waals surface area contributed by atoms with E-state index in [1.165, 1.54) is 18.5 Å². The third kappa shape index (κ3) is 5.14. The molecule has 2 aromatic heterocycles. The molecule has 3 heterocycles. The molecule has 1 N–H and O–H groups in total. The van der Waals surface area contributed by atoms with Gasteiger partial charge in [-0.05, 0) is 43.7 Å². The van der Waals surface area contributed by atoms with Gasteiger partial charge in [0.1, 0.15) is 6.34 Å². The highest BCUT2D eigenvalue weighted by Crippen LogP contribution is 2.40. The first-order valence-corrected chi connectivity index (χ1v) is 13.7. The van der Waals surface area contributed by atoms with E-state index in [0.29, 0.717) is 11.6 Å². The van der Waals surface area contributed by atoms with E-state index in [2.05, 4.69) is 31.5 Å². The zero-order valence-electron chi connectivity index (χ0n) is 20.0. The number of nitrogens with one attached hydrogen (secondary N) is 1. The second-order valence-corrected chi connectivity index (χ2v) is 11.6. The van der Waals surface area contributed by atoms with Crippen molar-refractivity contribution >= 4 is 44.5 Å². The number of hydrogen-bond acceptors (Lipinski definition) is 9. The molecule has 35 heavy (non-hydrogen) atoms. The summed E-state index contributed by atoms with van der Waals surface area (Å²) in [7, 11) is 1.77. The summed E-state index contributed by atoms with van der Waals surface area (Å²) in [5.41, 5.74) is 3.67. The predicted molar refractivity (Wildman–Crippen MR) is 139 cm³/mol. The van der Waals surface area contributed by atoms with Gasteiger partial charge >= 0.3 is 0 Å². The van der Waals surface area contributed by atoms with Gasteiger partial charge in [0, 0.05) is 52.2 Å². The molecule has 1 fully saturated rings. The fraction of sp³-hybridized carbons (Fsp3) is 0.391. The number of thiazole rings is 1. The fourth-order valence-electron chi connectivity index (χ4n) is 4.01. The Kier molecular flexibility index (Phi) is 6.43. The van der Waals surface area contributed by atoms with Crippen molar-refractivity contribution in [3.8, 4) is 10.6 Å². The lowest BCUT2D eigenvalue weighted by Gasteiger charge is -2.32. The molecular weight excluding hydrogens is 484 g/mol. The third-order valence-electron chi connectivity index (χ3n) is 5.98. The standard InChI is InChI=1S/C23H28N8O2S2/c1-29(2)15-25-35(32,33)18-6-4-5-17(13-18)26-22-24-14-16-7-8-19-21(20(16)28-22)34-23(27-19)31-11-9-30(3)10-12-31/h4-6,13-15H,7-12H2,1-3H3,(H,24,26,28). The first-order chi connectivity index (χ1) is 16.8. The highest BCUT2D eigenvalue weighted by atomic mass is 32.2. The molecular formula is C23H28N8O2S2. The van der Waals surface area contributed by atoms with E-state index in [1.54, 1.807) is 42.5 Å². The topological polar surface area (TPSA) is 107 Å². The maximum Gasteiger partial charge on any atom is 0.283 e. The van der Waals surface area contributed by atoms with Gasteiger partial charge in [0.25, 0.3) is 10.0 Å². The van der Waals surface area contributed by atoms with E-state index >= 15 is 0 Å². The van der Waals surface area contributed by atoms with Crippen LogP contribution in [0.5, 0.6) is 0 Å². The van der Waals surface area contributed by atoms with E-state index in [9.17, 15) is 8.42 Å². The van der Waals surface area contributed by atoms with E-state index in [-0.39, 0.29) is 4.90 Å². The monoisotopic (exact) mass is 512 g/mol. The number of likely N-dealkylation sites (N-methyl/N-ethyl adjacent to an activating group) is 1. The van der Waals surface area contributed by atoms with Crippen molar-refractivity contribution in [2.24, 2.45) is 4.40 Å². The van der Waals surface area contributed by atoms with Crippen LogP contribution in [0.15, 0.2) is 39.8 Å². The Labute approximate surface area is 209 Å². The van der Waals surface area contributed by atoms with E-state index in [0.717, 1.165) is 66.0 Å². The molecule has 1 aliphatic heterocycles. The molecule has 5 rings (SSSR count). The molecule has 1 aromatic carbocycles. The maximum absolute atomic E-state index is 12.5. The summed E-state index contributed by atoms with van der Waals surface area (Å²) in [5.74, 6) is 0.414. The molecule has 1 aliphatic carbocycles. The van der Waals surface area contributed by atoms with E-state index in [4.69, 9.17) is 9.97 Å². The molecule has 3 aromatic rings. The number of hydrogen-bond donors (Lipinski definition) is 1. The average Bonchev–Trinajstić information content (AvgIpc) is 3.28. The summed E-state index contributed by atoms with van der Waals surface area (Å²) in [5, 5.41) is 4.21. The van der Waals surface area contributed by atoms with Gasteiger partial charge in [-0.3, -0.25) is 0 Å². The zero-order valence-corrected chi connectivity index (χ0v) is 21.6. The molecule has 12 heteroatoms. The Morgan fingerprint density at radius 2 is 1.94 bits per heavy atom. The zero-order chi connectivity index (χ0) is 24.6. The van der Waals surface area contributed by atoms with Crippen LogP contribution in [-0.2, 0) is 22.9 Å². The Balaban J connectivity index is 1.40. The highest BCUT2D eigenvalue weighted by Gasteiger charge is 2.26. The van der Waals surface area contributed by atoms with Gasteiger partial charge in [-0.2, -0.15) is 8.42 Å². The summed E-state index contributed by atoms with van der Waals surface area (Å²) in [4.78, 5) is 21.7. The van der Waals surface area contributed by atoms with E-state index < -0.39 is 10.0 Å². The van der Waals surface area contributed by atoms with Crippen LogP contribution in [-0.4, -0.2) is 86.8 Å². The molecule has 0 atom stereocenters. The number of rotatable bonds is 6. The Bertz CT molecular complexity index is 1360. The smallest absolute Gasteiger partial charge is 0.283 e. The summed E-state index contributed by atoms with van der Waals surface area (Å²) in [6.07, 6.45) is 4.86. The normalized spacial score (nSPS) is 16.3. The summed E-state index contributed by atoms with van der Waals surface area (Å²) in [6, 6.07) is 6.50. The number of piperazine rings is 1. The van der Waals surface area contributed by atoms with Crippen LogP contribution in [0.25, 0.3) is 10.6 Å². The van der Waals surface area contributed by atoms with Gasteiger partial charge in [-0.15, -0.1) is 4.40 Å². The Morgan fingerprint density at radius 1 is 1.14 bits per heavy atom. The van der Waals surface area contributed by atoms with Crippen molar-refractivity contribution in [1.82, 2.24) is 24.8 Å². The molecule has 0 spiro atoms. The Morgan fingerprint density at radius 3 is 2.71 bits per heavy atom. The van der Waals surface area contributed by atoms with Crippen LogP contribution >= 0.6 is 11.3 Å². The minimum absolute atomic E-state index is 0.0973. The van der Waals surface area contributed by atoms with Crippen LogP contribution in [0.4, 0.5) is 16.8 Å². The number of aromatic nitrogens is 3. The van der Waals surface area contributed by atoms with E-state index in [1.807, 2.05) is 6.20 Å². The lowest BCUT2D eigenvalue weighted by Crippen LogP contribution is -2.44. The first-order valence-electron chi connectivity index (χ1n) is 11.4. The van der Waals surface area contributed by atoms with Crippen LogP contribution in [0.1, 0.15) is 11.3 Å². The summed E-state index contributed by atoms with van der Waals surface area (Å²) in [6.45, 7) is 4.02. The van der Waals surface area contributed by atoms with Gasteiger partial charge in [-0.25, -0.2) is 15.0 Å².